The molecule has 3 rings (SSSR count). The molecule has 2 aromatic carbocycles. The predicted molar refractivity (Wildman–Crippen MR) is 101 cm³/mol. The van der Waals surface area contributed by atoms with Gasteiger partial charge >= 0.3 is 0 Å². The molecule has 0 saturated heterocycles. The fourth-order valence-corrected chi connectivity index (χ4v) is 4.03. The van der Waals surface area contributed by atoms with Gasteiger partial charge in [0.05, 0.1) is 16.6 Å². The van der Waals surface area contributed by atoms with Gasteiger partial charge in [0.25, 0.3) is 5.56 Å². The summed E-state index contributed by atoms with van der Waals surface area (Å²) in [4.78, 5) is 17.6. The maximum atomic E-state index is 12.9. The molecule has 1 aromatic heterocycles. The summed E-state index contributed by atoms with van der Waals surface area (Å²) in [5.41, 5.74) is 1.46. The van der Waals surface area contributed by atoms with Crippen LogP contribution in [0.5, 0.6) is 0 Å². The molecule has 0 fully saturated rings. The van der Waals surface area contributed by atoms with E-state index in [2.05, 4.69) is 6.26 Å². The van der Waals surface area contributed by atoms with Gasteiger partial charge in [-0.1, -0.05) is 35.5 Å². The number of para-hydroxylation sites is 1. The lowest BCUT2D eigenvalue weighted by Crippen LogP contribution is -2.21. The van der Waals surface area contributed by atoms with E-state index >= 15 is 0 Å². The predicted octanol–water partition coefficient (Wildman–Crippen LogP) is 4.49. The van der Waals surface area contributed by atoms with Crippen molar-refractivity contribution in [2.24, 2.45) is 0 Å². The highest BCUT2D eigenvalue weighted by Gasteiger charge is 2.13. The minimum atomic E-state index is -0.0513. The van der Waals surface area contributed by atoms with Crippen LogP contribution in [0.25, 0.3) is 16.6 Å². The number of thioether (sulfide) groups is 2. The lowest BCUT2D eigenvalue weighted by atomic mass is 10.2. The van der Waals surface area contributed by atoms with E-state index < -0.39 is 0 Å². The summed E-state index contributed by atoms with van der Waals surface area (Å²) in [7, 11) is 0. The summed E-state index contributed by atoms with van der Waals surface area (Å²) in [6.07, 6.45) is 2.07. The van der Waals surface area contributed by atoms with E-state index in [0.717, 1.165) is 22.7 Å². The number of benzene rings is 2. The van der Waals surface area contributed by atoms with Gasteiger partial charge in [0.15, 0.2) is 5.16 Å². The van der Waals surface area contributed by atoms with Gasteiger partial charge in [0, 0.05) is 16.5 Å². The van der Waals surface area contributed by atoms with E-state index in [-0.39, 0.29) is 5.56 Å². The van der Waals surface area contributed by atoms with Gasteiger partial charge in [-0.05, 0) is 42.7 Å². The van der Waals surface area contributed by atoms with Crippen molar-refractivity contribution in [3.05, 3.63) is 63.9 Å². The molecule has 118 valence electrons. The van der Waals surface area contributed by atoms with Crippen LogP contribution in [-0.4, -0.2) is 27.3 Å². The molecule has 23 heavy (non-hydrogen) atoms. The van der Waals surface area contributed by atoms with Crippen LogP contribution >= 0.6 is 35.1 Å². The number of fused-ring (bicyclic) bond motifs is 1. The number of aromatic nitrogens is 2. The van der Waals surface area contributed by atoms with E-state index in [0.29, 0.717) is 15.6 Å². The minimum Gasteiger partial charge on any atom is -0.268 e. The van der Waals surface area contributed by atoms with Crippen LogP contribution in [0.15, 0.2) is 58.5 Å². The van der Waals surface area contributed by atoms with Crippen molar-refractivity contribution >= 4 is 46.0 Å². The zero-order valence-corrected chi connectivity index (χ0v) is 14.9. The molecule has 3 aromatic rings. The van der Waals surface area contributed by atoms with E-state index in [1.807, 2.05) is 36.4 Å². The molecule has 0 radical (unpaired) electrons. The Morgan fingerprint density at radius 2 is 1.83 bits per heavy atom. The lowest BCUT2D eigenvalue weighted by Gasteiger charge is -2.13. The molecule has 0 amide bonds. The third kappa shape index (κ3) is 3.57. The Hall–Kier alpha value is -1.43. The Labute approximate surface area is 148 Å². The van der Waals surface area contributed by atoms with Crippen molar-refractivity contribution < 1.29 is 0 Å². The molecule has 0 atom stereocenters. The van der Waals surface area contributed by atoms with E-state index in [1.54, 1.807) is 40.2 Å². The molecule has 3 nitrogen and oxygen atoms in total. The van der Waals surface area contributed by atoms with Gasteiger partial charge in [-0.25, -0.2) is 4.98 Å². The van der Waals surface area contributed by atoms with Gasteiger partial charge in [-0.15, -0.1) is 0 Å². The lowest BCUT2D eigenvalue weighted by molar-refractivity contribution is 0.820. The average molecular weight is 363 g/mol. The first kappa shape index (κ1) is 16.4. The maximum absolute atomic E-state index is 12.9. The van der Waals surface area contributed by atoms with Crippen LogP contribution in [0.1, 0.15) is 0 Å². The SMILES string of the molecule is CSCCSc1nc2ccccc2c(=O)n1-c1ccc(Cl)cc1. The first-order valence-electron chi connectivity index (χ1n) is 7.10. The number of hydrogen-bond acceptors (Lipinski definition) is 4. The number of halogens is 1. The van der Waals surface area contributed by atoms with E-state index in [9.17, 15) is 4.79 Å². The number of nitrogens with zero attached hydrogens (tertiary/aromatic N) is 2. The summed E-state index contributed by atoms with van der Waals surface area (Å²) in [5.74, 6) is 1.91. The standard InChI is InChI=1S/C17H15ClN2OS2/c1-22-10-11-23-17-19-15-5-3-2-4-14(15)16(21)20(17)13-8-6-12(18)7-9-13/h2-9H,10-11H2,1H3. The Kier molecular flexibility index (Phi) is 5.30. The van der Waals surface area contributed by atoms with Gasteiger partial charge in [-0.3, -0.25) is 9.36 Å². The van der Waals surface area contributed by atoms with Crippen LogP contribution in [-0.2, 0) is 0 Å². The van der Waals surface area contributed by atoms with Gasteiger partial charge in [0.2, 0.25) is 0 Å². The Balaban J connectivity index is 2.19. The second-order valence-corrected chi connectivity index (χ2v) is 7.35. The highest BCUT2D eigenvalue weighted by atomic mass is 35.5. The summed E-state index contributed by atoms with van der Waals surface area (Å²) in [5, 5.41) is 1.98. The van der Waals surface area contributed by atoms with Crippen molar-refractivity contribution in [2.45, 2.75) is 5.16 Å². The van der Waals surface area contributed by atoms with Crippen molar-refractivity contribution in [3.8, 4) is 5.69 Å². The van der Waals surface area contributed by atoms with Crippen molar-refractivity contribution in [3.63, 3.8) is 0 Å². The molecule has 0 aliphatic rings. The zero-order chi connectivity index (χ0) is 16.2. The average Bonchev–Trinajstić information content (AvgIpc) is 2.57. The molecule has 0 bridgehead atoms. The fraction of sp³-hybridized carbons (Fsp3) is 0.176. The molecule has 0 saturated carbocycles. The Bertz CT molecular complexity index is 878. The summed E-state index contributed by atoms with van der Waals surface area (Å²) in [6, 6.07) is 14.7. The third-order valence-corrected chi connectivity index (χ3v) is 5.41. The largest absolute Gasteiger partial charge is 0.268 e. The summed E-state index contributed by atoms with van der Waals surface area (Å²) in [6.45, 7) is 0. The second-order valence-electron chi connectivity index (χ2n) is 4.87. The normalized spacial score (nSPS) is 11.0. The molecule has 6 heteroatoms. The summed E-state index contributed by atoms with van der Waals surface area (Å²) >= 11 is 9.34. The van der Waals surface area contributed by atoms with Gasteiger partial charge < -0.3 is 0 Å². The van der Waals surface area contributed by atoms with Gasteiger partial charge in [-0.2, -0.15) is 11.8 Å². The molecular weight excluding hydrogens is 348 g/mol. The Morgan fingerprint density at radius 1 is 1.09 bits per heavy atom. The zero-order valence-electron chi connectivity index (χ0n) is 12.5. The number of hydrogen-bond donors (Lipinski definition) is 0. The molecule has 0 N–H and O–H groups in total. The van der Waals surface area contributed by atoms with Crippen LogP contribution < -0.4 is 5.56 Å². The highest BCUT2D eigenvalue weighted by Crippen LogP contribution is 2.22. The molecule has 0 spiro atoms. The summed E-state index contributed by atoms with van der Waals surface area (Å²) < 4.78 is 1.67. The highest BCUT2D eigenvalue weighted by molar-refractivity contribution is 8.02. The molecule has 1 heterocycles. The minimum absolute atomic E-state index is 0.0513. The maximum Gasteiger partial charge on any atom is 0.266 e. The van der Waals surface area contributed by atoms with Crippen LogP contribution in [0.2, 0.25) is 5.02 Å². The fourth-order valence-electron chi connectivity index (χ4n) is 2.24. The van der Waals surface area contributed by atoms with Crippen molar-refractivity contribution in [1.82, 2.24) is 9.55 Å². The van der Waals surface area contributed by atoms with Crippen molar-refractivity contribution in [1.29, 1.82) is 0 Å². The number of rotatable bonds is 5. The quantitative estimate of drug-likeness (QED) is 0.380. The molecule has 0 unspecified atom stereocenters. The van der Waals surface area contributed by atoms with E-state index in [1.165, 1.54) is 0 Å². The van der Waals surface area contributed by atoms with Crippen LogP contribution in [0.4, 0.5) is 0 Å². The van der Waals surface area contributed by atoms with Crippen molar-refractivity contribution in [2.75, 3.05) is 17.8 Å². The topological polar surface area (TPSA) is 34.9 Å². The first-order valence-corrected chi connectivity index (χ1v) is 9.86. The smallest absolute Gasteiger partial charge is 0.266 e. The van der Waals surface area contributed by atoms with E-state index in [4.69, 9.17) is 16.6 Å². The van der Waals surface area contributed by atoms with Crippen LogP contribution in [0.3, 0.4) is 0 Å². The third-order valence-electron chi connectivity index (χ3n) is 3.35. The second kappa shape index (κ2) is 7.43. The Morgan fingerprint density at radius 3 is 2.57 bits per heavy atom. The molecular formula is C17H15ClN2OS2. The molecule has 0 aliphatic carbocycles. The monoisotopic (exact) mass is 362 g/mol. The molecule has 0 aliphatic heterocycles. The first-order chi connectivity index (χ1) is 11.2. The van der Waals surface area contributed by atoms with Crippen LogP contribution in [0, 0.1) is 0 Å². The van der Waals surface area contributed by atoms with Gasteiger partial charge in [0.1, 0.15) is 0 Å².